The maximum absolute atomic E-state index is 12.8. The highest BCUT2D eigenvalue weighted by Gasteiger charge is 2.30. The zero-order valence-corrected chi connectivity index (χ0v) is 17.3. The molecule has 0 bridgehead atoms. The van der Waals surface area contributed by atoms with Crippen LogP contribution in [-0.2, 0) is 19.1 Å². The Balaban J connectivity index is 1.49. The summed E-state index contributed by atoms with van der Waals surface area (Å²) >= 11 is 0. The van der Waals surface area contributed by atoms with E-state index in [0.29, 0.717) is 18.7 Å². The first kappa shape index (κ1) is 21.2. The van der Waals surface area contributed by atoms with Crippen LogP contribution in [0.3, 0.4) is 0 Å². The maximum Gasteiger partial charge on any atom is 0.416 e. The summed E-state index contributed by atoms with van der Waals surface area (Å²) in [7, 11) is 2.12. The number of halogens is 3. The fourth-order valence-electron chi connectivity index (χ4n) is 3.91. The molecule has 0 aliphatic carbocycles. The van der Waals surface area contributed by atoms with E-state index in [1.54, 1.807) is 17.0 Å². The van der Waals surface area contributed by atoms with Gasteiger partial charge in [-0.1, -0.05) is 18.2 Å². The van der Waals surface area contributed by atoms with Crippen LogP contribution in [0.4, 0.5) is 18.9 Å². The van der Waals surface area contributed by atoms with Gasteiger partial charge in [-0.05, 0) is 49.4 Å². The molecule has 0 N–H and O–H groups in total. The standard InChI is InChI=1S/C23H25F3N4O/c1-27-12-14-28(15-13-27)21-5-3-2-4-18(21)10-11-29-16-17-30(22(29)31)20-8-6-19(7-9-20)23(24,25)26/h2-9,16-17H,10-15H2,1H3. The van der Waals surface area contributed by atoms with Crippen LogP contribution in [-0.4, -0.2) is 47.3 Å². The zero-order chi connectivity index (χ0) is 22.0. The molecule has 0 radical (unpaired) electrons. The lowest BCUT2D eigenvalue weighted by Gasteiger charge is -2.35. The van der Waals surface area contributed by atoms with Crippen LogP contribution in [0.2, 0.25) is 0 Å². The second-order valence-corrected chi connectivity index (χ2v) is 7.86. The molecule has 4 rings (SSSR count). The number of anilines is 1. The Morgan fingerprint density at radius 3 is 2.26 bits per heavy atom. The van der Waals surface area contributed by atoms with Gasteiger partial charge >= 0.3 is 11.9 Å². The molecule has 1 saturated heterocycles. The van der Waals surface area contributed by atoms with Gasteiger partial charge in [0, 0.05) is 50.8 Å². The van der Waals surface area contributed by atoms with Crippen molar-refractivity contribution in [1.29, 1.82) is 0 Å². The topological polar surface area (TPSA) is 33.4 Å². The number of aryl methyl sites for hydroxylation is 2. The summed E-state index contributed by atoms with van der Waals surface area (Å²) in [6, 6.07) is 12.9. The molecular formula is C23H25F3N4O. The van der Waals surface area contributed by atoms with Crippen molar-refractivity contribution in [2.75, 3.05) is 38.1 Å². The smallest absolute Gasteiger partial charge is 0.369 e. The Morgan fingerprint density at radius 2 is 1.58 bits per heavy atom. The molecule has 0 amide bonds. The summed E-state index contributed by atoms with van der Waals surface area (Å²) in [5, 5.41) is 0. The minimum atomic E-state index is -4.40. The predicted octanol–water partition coefficient (Wildman–Crippen LogP) is 3.65. The van der Waals surface area contributed by atoms with Crippen LogP contribution in [0.25, 0.3) is 5.69 Å². The Kier molecular flexibility index (Phi) is 5.91. The SMILES string of the molecule is CN1CCN(c2ccccc2CCn2ccn(-c3ccc(C(F)(F)F)cc3)c2=O)CC1. The number of para-hydroxylation sites is 1. The van der Waals surface area contributed by atoms with E-state index in [2.05, 4.69) is 29.0 Å². The van der Waals surface area contributed by atoms with Gasteiger partial charge in [-0.15, -0.1) is 0 Å². The number of hydrogen-bond donors (Lipinski definition) is 0. The first-order valence-electron chi connectivity index (χ1n) is 10.3. The van der Waals surface area contributed by atoms with Crippen LogP contribution in [0.5, 0.6) is 0 Å². The van der Waals surface area contributed by atoms with Gasteiger partial charge in [0.25, 0.3) is 0 Å². The second kappa shape index (κ2) is 8.63. The number of piperazine rings is 1. The largest absolute Gasteiger partial charge is 0.416 e. The first-order chi connectivity index (χ1) is 14.8. The van der Waals surface area contributed by atoms with Gasteiger partial charge in [0.15, 0.2) is 0 Å². The molecule has 3 aromatic rings. The van der Waals surface area contributed by atoms with Crippen molar-refractivity contribution >= 4 is 5.69 Å². The summed E-state index contributed by atoms with van der Waals surface area (Å²) in [6.45, 7) is 4.47. The summed E-state index contributed by atoms with van der Waals surface area (Å²) in [5.41, 5.74) is 1.79. The molecule has 1 aromatic heterocycles. The molecule has 0 atom stereocenters. The highest BCUT2D eigenvalue weighted by atomic mass is 19.4. The molecule has 0 unspecified atom stereocenters. The average molecular weight is 430 g/mol. The molecular weight excluding hydrogens is 405 g/mol. The van der Waals surface area contributed by atoms with Gasteiger partial charge in [0.1, 0.15) is 0 Å². The van der Waals surface area contributed by atoms with Gasteiger partial charge < -0.3 is 9.80 Å². The average Bonchev–Trinajstić information content (AvgIpc) is 3.13. The van der Waals surface area contributed by atoms with E-state index in [1.165, 1.54) is 28.0 Å². The first-order valence-corrected chi connectivity index (χ1v) is 10.3. The van der Waals surface area contributed by atoms with Crippen LogP contribution >= 0.6 is 0 Å². The van der Waals surface area contributed by atoms with Gasteiger partial charge in [0.2, 0.25) is 0 Å². The number of hydrogen-bond acceptors (Lipinski definition) is 3. The number of alkyl halides is 3. The van der Waals surface area contributed by atoms with Crippen molar-refractivity contribution in [1.82, 2.24) is 14.0 Å². The Hall–Kier alpha value is -3.00. The lowest BCUT2D eigenvalue weighted by Crippen LogP contribution is -2.44. The van der Waals surface area contributed by atoms with Crippen molar-refractivity contribution in [2.24, 2.45) is 0 Å². The monoisotopic (exact) mass is 430 g/mol. The Bertz CT molecular complexity index is 1080. The number of imidazole rings is 1. The van der Waals surface area contributed by atoms with Crippen LogP contribution in [0, 0.1) is 0 Å². The summed E-state index contributed by atoms with van der Waals surface area (Å²) in [5.74, 6) is 0. The Morgan fingerprint density at radius 1 is 0.903 bits per heavy atom. The third-order valence-electron chi connectivity index (χ3n) is 5.78. The van der Waals surface area contributed by atoms with Crippen LogP contribution in [0.15, 0.2) is 65.7 Å². The quantitative estimate of drug-likeness (QED) is 0.620. The molecule has 2 heterocycles. The lowest BCUT2D eigenvalue weighted by atomic mass is 10.1. The summed E-state index contributed by atoms with van der Waals surface area (Å²) in [4.78, 5) is 17.5. The molecule has 31 heavy (non-hydrogen) atoms. The molecule has 2 aromatic carbocycles. The normalized spacial score (nSPS) is 15.4. The van der Waals surface area contributed by atoms with Crippen LogP contribution < -0.4 is 10.6 Å². The molecule has 164 valence electrons. The van der Waals surface area contributed by atoms with Crippen LogP contribution in [0.1, 0.15) is 11.1 Å². The Labute approximate surface area is 178 Å². The summed E-state index contributed by atoms with van der Waals surface area (Å²) < 4.78 is 41.3. The third kappa shape index (κ3) is 4.69. The predicted molar refractivity (Wildman–Crippen MR) is 115 cm³/mol. The van der Waals surface area contributed by atoms with E-state index in [0.717, 1.165) is 38.3 Å². The number of aromatic nitrogens is 2. The van der Waals surface area contributed by atoms with E-state index in [9.17, 15) is 18.0 Å². The van der Waals surface area contributed by atoms with Crippen molar-refractivity contribution in [3.63, 3.8) is 0 Å². The van der Waals surface area contributed by atoms with E-state index in [4.69, 9.17) is 0 Å². The highest BCUT2D eigenvalue weighted by Crippen LogP contribution is 2.29. The third-order valence-corrected chi connectivity index (χ3v) is 5.78. The molecule has 1 aliphatic rings. The number of nitrogens with zero attached hydrogens (tertiary/aromatic N) is 4. The minimum Gasteiger partial charge on any atom is -0.369 e. The molecule has 1 fully saturated rings. The molecule has 1 aliphatic heterocycles. The minimum absolute atomic E-state index is 0.267. The highest BCUT2D eigenvalue weighted by molar-refractivity contribution is 5.54. The molecule has 5 nitrogen and oxygen atoms in total. The zero-order valence-electron chi connectivity index (χ0n) is 17.3. The van der Waals surface area contributed by atoms with E-state index in [1.807, 2.05) is 12.1 Å². The fraction of sp³-hybridized carbons (Fsp3) is 0.348. The van der Waals surface area contributed by atoms with E-state index < -0.39 is 11.7 Å². The molecule has 0 saturated carbocycles. The fourth-order valence-corrected chi connectivity index (χ4v) is 3.91. The number of benzene rings is 2. The van der Waals surface area contributed by atoms with E-state index >= 15 is 0 Å². The van der Waals surface area contributed by atoms with Crippen molar-refractivity contribution in [2.45, 2.75) is 19.1 Å². The lowest BCUT2D eigenvalue weighted by molar-refractivity contribution is -0.137. The van der Waals surface area contributed by atoms with Gasteiger partial charge in [-0.3, -0.25) is 9.13 Å². The van der Waals surface area contributed by atoms with Crippen molar-refractivity contribution in [3.8, 4) is 5.69 Å². The van der Waals surface area contributed by atoms with E-state index in [-0.39, 0.29) is 5.69 Å². The van der Waals surface area contributed by atoms with Gasteiger partial charge in [-0.2, -0.15) is 13.2 Å². The number of likely N-dealkylation sites (N-methyl/N-ethyl adjacent to an activating group) is 1. The van der Waals surface area contributed by atoms with Crippen molar-refractivity contribution < 1.29 is 13.2 Å². The maximum atomic E-state index is 12.8. The number of rotatable bonds is 5. The van der Waals surface area contributed by atoms with Crippen molar-refractivity contribution in [3.05, 3.63) is 82.5 Å². The van der Waals surface area contributed by atoms with Gasteiger partial charge in [0.05, 0.1) is 11.3 Å². The summed E-state index contributed by atoms with van der Waals surface area (Å²) in [6.07, 6.45) is -0.429. The second-order valence-electron chi connectivity index (χ2n) is 7.86. The van der Waals surface area contributed by atoms with Gasteiger partial charge in [-0.25, -0.2) is 4.79 Å². The molecule has 0 spiro atoms. The molecule has 8 heteroatoms.